The topological polar surface area (TPSA) is 52.3 Å². The lowest BCUT2D eigenvalue weighted by atomic mass is 10.1. The molecule has 0 saturated heterocycles. The number of ether oxygens (including phenoxy) is 1. The molecule has 0 atom stereocenters. The van der Waals surface area contributed by atoms with Gasteiger partial charge in [-0.3, -0.25) is 4.79 Å². The Balaban J connectivity index is 3.53. The molecule has 1 rings (SSSR count). The van der Waals surface area contributed by atoms with Gasteiger partial charge in [-0.25, -0.2) is 13.2 Å². The van der Waals surface area contributed by atoms with Gasteiger partial charge in [-0.1, -0.05) is 0 Å². The molecule has 0 aromatic heterocycles. The smallest absolute Gasteiger partial charge is 0.254 e. The molecule has 1 aromatic carbocycles. The van der Waals surface area contributed by atoms with Gasteiger partial charge >= 0.3 is 0 Å². The van der Waals surface area contributed by atoms with Gasteiger partial charge in [0.15, 0.2) is 23.2 Å². The Bertz CT molecular complexity index is 393. The van der Waals surface area contributed by atoms with Crippen LogP contribution < -0.4 is 10.5 Å². The van der Waals surface area contributed by atoms with Crippen LogP contribution in [-0.2, 0) is 0 Å². The highest BCUT2D eigenvalue weighted by atomic mass is 19.2. The largest absolute Gasteiger partial charge is 0.494 e. The van der Waals surface area contributed by atoms with Crippen LogP contribution in [0.3, 0.4) is 0 Å². The van der Waals surface area contributed by atoms with Crippen molar-refractivity contribution in [1.82, 2.24) is 0 Å². The van der Waals surface area contributed by atoms with Crippen LogP contribution in [0.5, 0.6) is 5.75 Å². The van der Waals surface area contributed by atoms with Gasteiger partial charge in [0.1, 0.15) is 5.56 Å². The van der Waals surface area contributed by atoms with Crippen molar-refractivity contribution in [3.05, 3.63) is 29.1 Å². The van der Waals surface area contributed by atoms with Crippen LogP contribution in [-0.4, -0.2) is 13.0 Å². The average molecular weight is 205 g/mol. The first-order valence-corrected chi connectivity index (χ1v) is 3.50. The van der Waals surface area contributed by atoms with Crippen LogP contribution in [0.1, 0.15) is 10.4 Å². The molecule has 6 heteroatoms. The Morgan fingerprint density at radius 2 is 1.93 bits per heavy atom. The summed E-state index contributed by atoms with van der Waals surface area (Å²) in [6, 6.07) is 0.497. The Hall–Kier alpha value is -1.72. The highest BCUT2D eigenvalue weighted by molar-refractivity contribution is 5.93. The number of nitrogens with two attached hydrogens (primary N) is 1. The molecular weight excluding hydrogens is 199 g/mol. The quantitative estimate of drug-likeness (QED) is 0.738. The van der Waals surface area contributed by atoms with E-state index in [-0.39, 0.29) is 0 Å². The van der Waals surface area contributed by atoms with Crippen LogP contribution in [0.2, 0.25) is 0 Å². The summed E-state index contributed by atoms with van der Waals surface area (Å²) in [7, 11) is 1.06. The summed E-state index contributed by atoms with van der Waals surface area (Å²) in [4.78, 5) is 10.6. The Labute approximate surface area is 77.3 Å². The van der Waals surface area contributed by atoms with Crippen LogP contribution >= 0.6 is 0 Å². The lowest BCUT2D eigenvalue weighted by Gasteiger charge is -2.06. The third-order valence-electron chi connectivity index (χ3n) is 1.59. The average Bonchev–Trinajstić information content (AvgIpc) is 2.11. The lowest BCUT2D eigenvalue weighted by molar-refractivity contribution is 0.0990. The maximum atomic E-state index is 13.1. The molecule has 0 aliphatic rings. The van der Waals surface area contributed by atoms with E-state index in [0.717, 1.165) is 7.11 Å². The molecule has 0 spiro atoms. The van der Waals surface area contributed by atoms with E-state index in [2.05, 4.69) is 10.5 Å². The second kappa shape index (κ2) is 3.57. The number of hydrogen-bond donors (Lipinski definition) is 1. The van der Waals surface area contributed by atoms with E-state index >= 15 is 0 Å². The highest BCUT2D eigenvalue weighted by Gasteiger charge is 2.22. The van der Waals surface area contributed by atoms with Crippen LogP contribution in [0.4, 0.5) is 13.2 Å². The highest BCUT2D eigenvalue weighted by Crippen LogP contribution is 2.25. The van der Waals surface area contributed by atoms with Crippen molar-refractivity contribution in [3.63, 3.8) is 0 Å². The summed E-state index contributed by atoms with van der Waals surface area (Å²) in [5, 5.41) is 0. The molecule has 0 aliphatic carbocycles. The molecule has 0 fully saturated rings. The first-order valence-electron chi connectivity index (χ1n) is 3.50. The van der Waals surface area contributed by atoms with E-state index in [4.69, 9.17) is 0 Å². The van der Waals surface area contributed by atoms with Gasteiger partial charge in [0.05, 0.1) is 7.11 Å². The minimum atomic E-state index is -1.62. The minimum Gasteiger partial charge on any atom is -0.494 e. The number of primary amides is 1. The van der Waals surface area contributed by atoms with E-state index in [9.17, 15) is 18.0 Å². The van der Waals surface area contributed by atoms with Crippen molar-refractivity contribution in [3.8, 4) is 5.75 Å². The third-order valence-corrected chi connectivity index (χ3v) is 1.59. The molecular formula is C8H6F3NO2. The summed E-state index contributed by atoms with van der Waals surface area (Å²) >= 11 is 0. The molecule has 1 amide bonds. The molecule has 2 N–H and O–H groups in total. The number of carbonyl (C=O) groups is 1. The fourth-order valence-electron chi connectivity index (χ4n) is 0.946. The first-order chi connectivity index (χ1) is 6.49. The molecule has 0 radical (unpaired) electrons. The van der Waals surface area contributed by atoms with Gasteiger partial charge in [0.2, 0.25) is 0 Å². The van der Waals surface area contributed by atoms with Crippen molar-refractivity contribution in [2.45, 2.75) is 0 Å². The molecule has 3 nitrogen and oxygen atoms in total. The number of rotatable bonds is 2. The van der Waals surface area contributed by atoms with Crippen LogP contribution in [0.15, 0.2) is 6.07 Å². The van der Waals surface area contributed by atoms with Crippen molar-refractivity contribution >= 4 is 5.91 Å². The Kier molecular flexibility index (Phi) is 2.64. The van der Waals surface area contributed by atoms with E-state index < -0.39 is 34.7 Å². The fraction of sp³-hybridized carbons (Fsp3) is 0.125. The van der Waals surface area contributed by atoms with E-state index in [0.29, 0.717) is 6.07 Å². The second-order valence-corrected chi connectivity index (χ2v) is 2.43. The van der Waals surface area contributed by atoms with Crippen LogP contribution in [0.25, 0.3) is 0 Å². The summed E-state index contributed by atoms with van der Waals surface area (Å²) < 4.78 is 43.1. The molecule has 14 heavy (non-hydrogen) atoms. The monoisotopic (exact) mass is 205 g/mol. The minimum absolute atomic E-state index is 0.497. The zero-order chi connectivity index (χ0) is 10.9. The standard InChI is InChI=1S/C8H6F3NO2/c1-14-4-2-3(9)6(10)5(7(4)11)8(12)13/h2H,1H3,(H2,12,13). The number of hydrogen-bond acceptors (Lipinski definition) is 2. The lowest BCUT2D eigenvalue weighted by Crippen LogP contribution is -2.17. The molecule has 76 valence electrons. The number of carbonyl (C=O) groups excluding carboxylic acids is 1. The van der Waals surface area contributed by atoms with Crippen molar-refractivity contribution in [2.24, 2.45) is 5.73 Å². The van der Waals surface area contributed by atoms with Gasteiger partial charge in [-0.05, 0) is 0 Å². The Morgan fingerprint density at radius 1 is 1.36 bits per heavy atom. The molecule has 0 aliphatic heterocycles. The molecule has 0 heterocycles. The van der Waals surface area contributed by atoms with Crippen LogP contribution in [0, 0.1) is 17.5 Å². The SMILES string of the molecule is COc1cc(F)c(F)c(C(N)=O)c1F. The predicted molar refractivity (Wildman–Crippen MR) is 41.4 cm³/mol. The number of amides is 1. The number of halogens is 3. The summed E-state index contributed by atoms with van der Waals surface area (Å²) in [5.41, 5.74) is 3.53. The van der Waals surface area contributed by atoms with Crippen molar-refractivity contribution in [1.29, 1.82) is 0 Å². The third kappa shape index (κ3) is 1.50. The molecule has 0 saturated carbocycles. The summed E-state index contributed by atoms with van der Waals surface area (Å²) in [6.45, 7) is 0. The maximum Gasteiger partial charge on any atom is 0.254 e. The maximum absolute atomic E-state index is 13.1. The number of benzene rings is 1. The molecule has 0 unspecified atom stereocenters. The fourth-order valence-corrected chi connectivity index (χ4v) is 0.946. The number of methoxy groups -OCH3 is 1. The van der Waals surface area contributed by atoms with Crippen molar-refractivity contribution < 1.29 is 22.7 Å². The van der Waals surface area contributed by atoms with Gasteiger partial charge in [0, 0.05) is 6.07 Å². The Morgan fingerprint density at radius 3 is 2.36 bits per heavy atom. The van der Waals surface area contributed by atoms with E-state index in [1.54, 1.807) is 0 Å². The van der Waals surface area contributed by atoms with E-state index in [1.165, 1.54) is 0 Å². The van der Waals surface area contributed by atoms with Gasteiger partial charge in [0.25, 0.3) is 5.91 Å². The van der Waals surface area contributed by atoms with Gasteiger partial charge in [-0.15, -0.1) is 0 Å². The van der Waals surface area contributed by atoms with Gasteiger partial charge < -0.3 is 10.5 Å². The van der Waals surface area contributed by atoms with Crippen molar-refractivity contribution in [2.75, 3.05) is 7.11 Å². The first kappa shape index (κ1) is 10.4. The van der Waals surface area contributed by atoms with E-state index in [1.807, 2.05) is 0 Å². The summed E-state index contributed by atoms with van der Waals surface area (Å²) in [5.74, 6) is -6.28. The molecule has 0 bridgehead atoms. The summed E-state index contributed by atoms with van der Waals surface area (Å²) in [6.07, 6.45) is 0. The predicted octanol–water partition coefficient (Wildman–Crippen LogP) is 1.21. The zero-order valence-corrected chi connectivity index (χ0v) is 7.11. The van der Waals surface area contributed by atoms with Gasteiger partial charge in [-0.2, -0.15) is 0 Å². The second-order valence-electron chi connectivity index (χ2n) is 2.43. The normalized spacial score (nSPS) is 10.0. The molecule has 1 aromatic rings. The zero-order valence-electron chi connectivity index (χ0n) is 7.11.